The second kappa shape index (κ2) is 7.49. The van der Waals surface area contributed by atoms with Crippen molar-refractivity contribution in [3.63, 3.8) is 0 Å². The molecular formula is C19H17ClN4O2. The summed E-state index contributed by atoms with van der Waals surface area (Å²) in [5.74, 6) is -0.369. The average Bonchev–Trinajstić information content (AvgIpc) is 2.63. The monoisotopic (exact) mass is 368 g/mol. The van der Waals surface area contributed by atoms with Crippen LogP contribution >= 0.6 is 11.6 Å². The molecular weight excluding hydrogens is 352 g/mol. The highest BCUT2D eigenvalue weighted by molar-refractivity contribution is 6.30. The van der Waals surface area contributed by atoms with E-state index in [9.17, 15) is 9.59 Å². The summed E-state index contributed by atoms with van der Waals surface area (Å²) in [6, 6.07) is 13.5. The quantitative estimate of drug-likeness (QED) is 0.765. The lowest BCUT2D eigenvalue weighted by molar-refractivity contribution is -0.119. The molecule has 0 aliphatic heterocycles. The molecule has 1 amide bonds. The molecule has 7 heteroatoms. The minimum atomic E-state index is -0.808. The fourth-order valence-electron chi connectivity index (χ4n) is 2.37. The van der Waals surface area contributed by atoms with E-state index in [-0.39, 0.29) is 5.91 Å². The van der Waals surface area contributed by atoms with Crippen molar-refractivity contribution in [1.29, 1.82) is 0 Å². The molecule has 0 radical (unpaired) electrons. The highest BCUT2D eigenvalue weighted by atomic mass is 35.5. The number of carbonyl (C=O) groups is 1. The first kappa shape index (κ1) is 17.8. The van der Waals surface area contributed by atoms with E-state index >= 15 is 0 Å². The van der Waals surface area contributed by atoms with E-state index in [0.717, 1.165) is 15.8 Å². The number of hydrogen-bond donors (Lipinski definition) is 1. The van der Waals surface area contributed by atoms with Gasteiger partial charge in [0.05, 0.1) is 11.9 Å². The number of carbonyl (C=O) groups excluding carboxylic acids is 1. The maximum atomic E-state index is 12.4. The molecule has 2 aromatic carbocycles. The van der Waals surface area contributed by atoms with Gasteiger partial charge in [0.25, 0.3) is 0 Å². The first-order valence-electron chi connectivity index (χ1n) is 8.03. The molecule has 132 valence electrons. The Balaban J connectivity index is 1.79. The lowest BCUT2D eigenvalue weighted by Gasteiger charge is -2.14. The Kier molecular flexibility index (Phi) is 5.14. The molecule has 0 saturated carbocycles. The van der Waals surface area contributed by atoms with E-state index in [1.807, 2.05) is 31.2 Å². The molecule has 6 nitrogen and oxygen atoms in total. The van der Waals surface area contributed by atoms with Gasteiger partial charge in [-0.15, -0.1) is 0 Å². The van der Waals surface area contributed by atoms with E-state index in [2.05, 4.69) is 15.4 Å². The molecule has 1 N–H and O–H groups in total. The van der Waals surface area contributed by atoms with Crippen molar-refractivity contribution < 1.29 is 4.79 Å². The molecule has 0 saturated heterocycles. The van der Waals surface area contributed by atoms with E-state index in [0.29, 0.717) is 16.4 Å². The van der Waals surface area contributed by atoms with Crippen LogP contribution in [0, 0.1) is 6.92 Å². The Morgan fingerprint density at radius 1 is 1.12 bits per heavy atom. The lowest BCUT2D eigenvalue weighted by atomic mass is 10.1. The molecule has 0 fully saturated rings. The van der Waals surface area contributed by atoms with Crippen molar-refractivity contribution >= 4 is 23.2 Å². The number of anilines is 1. The molecule has 1 aromatic heterocycles. The highest BCUT2D eigenvalue weighted by Crippen LogP contribution is 2.17. The number of nitrogens with one attached hydrogen (secondary N) is 1. The third-order valence-electron chi connectivity index (χ3n) is 3.92. The Morgan fingerprint density at radius 2 is 1.77 bits per heavy atom. The van der Waals surface area contributed by atoms with E-state index in [1.165, 1.54) is 6.20 Å². The second-order valence-electron chi connectivity index (χ2n) is 5.91. The maximum absolute atomic E-state index is 12.4. The summed E-state index contributed by atoms with van der Waals surface area (Å²) >= 11 is 5.82. The molecule has 26 heavy (non-hydrogen) atoms. The van der Waals surface area contributed by atoms with Crippen molar-refractivity contribution in [3.8, 4) is 11.3 Å². The number of nitrogens with zero attached hydrogens (tertiary/aromatic N) is 3. The summed E-state index contributed by atoms with van der Waals surface area (Å²) in [5, 5.41) is 7.41. The van der Waals surface area contributed by atoms with Crippen LogP contribution in [-0.4, -0.2) is 20.7 Å². The maximum Gasteiger partial charge on any atom is 0.365 e. The zero-order valence-electron chi connectivity index (χ0n) is 14.3. The van der Waals surface area contributed by atoms with Gasteiger partial charge in [0.15, 0.2) is 0 Å². The van der Waals surface area contributed by atoms with E-state index in [1.54, 1.807) is 31.2 Å². The standard InChI is InChI=1S/C19H17ClN4O2/c1-12-3-5-14(6-4-12)17-11-21-24(19(26)23-17)13(2)18(25)22-16-9-7-15(20)8-10-16/h3-11,13H,1-2H3,(H,22,25)/t13-/m0/s1. The fraction of sp³-hybridized carbons (Fsp3) is 0.158. The Hall–Kier alpha value is -2.99. The molecule has 0 aliphatic rings. The topological polar surface area (TPSA) is 76.9 Å². The van der Waals surface area contributed by atoms with Crippen LogP contribution in [0.3, 0.4) is 0 Å². The molecule has 1 heterocycles. The summed E-state index contributed by atoms with van der Waals surface area (Å²) in [6.45, 7) is 3.57. The lowest BCUT2D eigenvalue weighted by Crippen LogP contribution is -2.34. The second-order valence-corrected chi connectivity index (χ2v) is 6.34. The third-order valence-corrected chi connectivity index (χ3v) is 4.17. The average molecular weight is 369 g/mol. The van der Waals surface area contributed by atoms with E-state index < -0.39 is 11.7 Å². The van der Waals surface area contributed by atoms with Gasteiger partial charge in [-0.3, -0.25) is 4.79 Å². The molecule has 1 atom stereocenters. The Labute approximate surface area is 155 Å². The zero-order valence-corrected chi connectivity index (χ0v) is 15.1. The van der Waals surface area contributed by atoms with Gasteiger partial charge in [-0.2, -0.15) is 10.1 Å². The number of benzene rings is 2. The van der Waals surface area contributed by atoms with Gasteiger partial charge < -0.3 is 5.32 Å². The predicted octanol–water partition coefficient (Wildman–Crippen LogP) is 3.47. The first-order valence-corrected chi connectivity index (χ1v) is 8.41. The van der Waals surface area contributed by atoms with Gasteiger partial charge in [0.2, 0.25) is 5.91 Å². The molecule has 3 aromatic rings. The minimum Gasteiger partial charge on any atom is -0.324 e. The van der Waals surface area contributed by atoms with Crippen LogP contribution in [0.5, 0.6) is 0 Å². The number of amides is 1. The molecule has 3 rings (SSSR count). The number of aryl methyl sites for hydroxylation is 1. The molecule has 0 spiro atoms. The molecule has 0 aliphatic carbocycles. The van der Waals surface area contributed by atoms with Gasteiger partial charge in [-0.05, 0) is 38.1 Å². The Bertz CT molecular complexity index is 982. The predicted molar refractivity (Wildman–Crippen MR) is 101 cm³/mol. The van der Waals surface area contributed by atoms with Gasteiger partial charge in [-0.1, -0.05) is 41.4 Å². The summed E-state index contributed by atoms with van der Waals surface area (Å²) in [7, 11) is 0. The minimum absolute atomic E-state index is 0.369. The fourth-order valence-corrected chi connectivity index (χ4v) is 2.50. The van der Waals surface area contributed by atoms with Gasteiger partial charge in [0, 0.05) is 16.3 Å². The summed E-state index contributed by atoms with van der Waals surface area (Å²) in [4.78, 5) is 28.7. The molecule has 0 bridgehead atoms. The van der Waals surface area contributed by atoms with Crippen molar-refractivity contribution in [2.75, 3.05) is 5.32 Å². The summed E-state index contributed by atoms with van der Waals surface area (Å²) in [6.07, 6.45) is 1.48. The largest absolute Gasteiger partial charge is 0.365 e. The van der Waals surface area contributed by atoms with Crippen LogP contribution in [0.4, 0.5) is 5.69 Å². The highest BCUT2D eigenvalue weighted by Gasteiger charge is 2.18. The van der Waals surface area contributed by atoms with Crippen LogP contribution in [0.2, 0.25) is 5.02 Å². The van der Waals surface area contributed by atoms with Crippen molar-refractivity contribution in [2.45, 2.75) is 19.9 Å². The number of halogens is 1. The van der Waals surface area contributed by atoms with Crippen LogP contribution in [0.1, 0.15) is 18.5 Å². The van der Waals surface area contributed by atoms with Crippen LogP contribution in [0.15, 0.2) is 59.5 Å². The van der Waals surface area contributed by atoms with Crippen LogP contribution < -0.4 is 11.0 Å². The van der Waals surface area contributed by atoms with Gasteiger partial charge in [-0.25, -0.2) is 9.48 Å². The van der Waals surface area contributed by atoms with Gasteiger partial charge >= 0.3 is 5.69 Å². The summed E-state index contributed by atoms with van der Waals surface area (Å²) < 4.78 is 1.06. The SMILES string of the molecule is Cc1ccc(-c2cnn([C@@H](C)C(=O)Nc3ccc(Cl)cc3)c(=O)n2)cc1. The Morgan fingerprint density at radius 3 is 2.38 bits per heavy atom. The summed E-state index contributed by atoms with van der Waals surface area (Å²) in [5.41, 5.74) is 2.38. The molecule has 0 unspecified atom stereocenters. The normalized spacial score (nSPS) is 11.8. The smallest absolute Gasteiger partial charge is 0.324 e. The number of rotatable bonds is 4. The first-order chi connectivity index (χ1) is 12.4. The number of hydrogen-bond acceptors (Lipinski definition) is 4. The third kappa shape index (κ3) is 3.97. The van der Waals surface area contributed by atoms with E-state index in [4.69, 9.17) is 11.6 Å². The van der Waals surface area contributed by atoms with Crippen molar-refractivity contribution in [2.24, 2.45) is 0 Å². The van der Waals surface area contributed by atoms with Crippen LogP contribution in [-0.2, 0) is 4.79 Å². The zero-order chi connectivity index (χ0) is 18.7. The van der Waals surface area contributed by atoms with Crippen LogP contribution in [0.25, 0.3) is 11.3 Å². The van der Waals surface area contributed by atoms with Crippen molar-refractivity contribution in [1.82, 2.24) is 14.8 Å². The van der Waals surface area contributed by atoms with Crippen molar-refractivity contribution in [3.05, 3.63) is 75.8 Å². The number of aromatic nitrogens is 3. The van der Waals surface area contributed by atoms with Gasteiger partial charge in [0.1, 0.15) is 6.04 Å².